The van der Waals surface area contributed by atoms with Gasteiger partial charge in [0.15, 0.2) is 8.32 Å². The minimum absolute atomic E-state index is 0.185. The molecule has 2 rings (SSSR count). The van der Waals surface area contributed by atoms with E-state index in [2.05, 4.69) is 77.8 Å². The molecule has 0 spiro atoms. The van der Waals surface area contributed by atoms with E-state index in [-0.39, 0.29) is 5.04 Å². The molecule has 0 fully saturated rings. The zero-order valence-corrected chi connectivity index (χ0v) is 21.1. The predicted molar refractivity (Wildman–Crippen MR) is 128 cm³/mol. The molecular weight excluding hydrogens is 400 g/mol. The third kappa shape index (κ3) is 6.56. The summed E-state index contributed by atoms with van der Waals surface area (Å²) in [5.74, 6) is 5.10. The van der Waals surface area contributed by atoms with E-state index in [0.717, 1.165) is 16.7 Å². The minimum atomic E-state index is -1.81. The lowest BCUT2D eigenvalue weighted by Gasteiger charge is -2.36. The van der Waals surface area contributed by atoms with E-state index >= 15 is 0 Å². The van der Waals surface area contributed by atoms with Gasteiger partial charge in [-0.15, -0.1) is 0 Å². The number of rotatable bonds is 6. The largest absolute Gasteiger partial charge is 0.550 e. The van der Waals surface area contributed by atoms with Crippen molar-refractivity contribution in [3.8, 4) is 11.8 Å². The van der Waals surface area contributed by atoms with Crippen molar-refractivity contribution in [2.75, 3.05) is 0 Å². The summed E-state index contributed by atoms with van der Waals surface area (Å²) >= 11 is 0. The first-order valence-corrected chi connectivity index (χ1v) is 13.8. The summed E-state index contributed by atoms with van der Waals surface area (Å²) in [5.41, 5.74) is 5.03. The van der Waals surface area contributed by atoms with Gasteiger partial charge in [0, 0.05) is 23.0 Å². The zero-order chi connectivity index (χ0) is 23.4. The first-order chi connectivity index (χ1) is 14.3. The van der Waals surface area contributed by atoms with Crippen molar-refractivity contribution in [1.82, 2.24) is 0 Å². The highest BCUT2D eigenvalue weighted by Gasteiger charge is 2.37. The van der Waals surface area contributed by atoms with E-state index in [9.17, 15) is 9.90 Å². The van der Waals surface area contributed by atoms with Crippen LogP contribution in [-0.4, -0.2) is 14.3 Å². The first kappa shape index (κ1) is 24.9. The fourth-order valence-corrected chi connectivity index (χ4v) is 3.90. The van der Waals surface area contributed by atoms with Gasteiger partial charge in [-0.05, 0) is 65.0 Å². The van der Waals surface area contributed by atoms with Crippen LogP contribution in [0.3, 0.4) is 0 Å². The maximum atomic E-state index is 11.0. The molecule has 0 heterocycles. The molecule has 0 amide bonds. The summed E-state index contributed by atoms with van der Waals surface area (Å²) in [7, 11) is -1.81. The molecule has 0 aliphatic rings. The second kappa shape index (κ2) is 9.85. The highest BCUT2D eigenvalue weighted by molar-refractivity contribution is 6.74. The zero-order valence-electron chi connectivity index (χ0n) is 20.1. The van der Waals surface area contributed by atoms with Gasteiger partial charge in [0.2, 0.25) is 0 Å². The van der Waals surface area contributed by atoms with E-state index in [1.807, 2.05) is 12.1 Å². The molecule has 0 radical (unpaired) electrons. The number of carboxylic acids is 1. The standard InChI is InChI=1S/C27H36O3Si/c1-19(2)25-17-22(13-16-24(25)18-30-31(7,8)27(4,5)6)10-9-21-11-14-23(15-12-21)20(3)26(28)29/h11-17,19-20H,18H2,1-8H3,(H,28,29)/p-1. The van der Waals surface area contributed by atoms with Gasteiger partial charge in [-0.2, -0.15) is 0 Å². The van der Waals surface area contributed by atoms with E-state index in [0.29, 0.717) is 12.5 Å². The molecule has 1 atom stereocenters. The van der Waals surface area contributed by atoms with Crippen molar-refractivity contribution < 1.29 is 14.3 Å². The topological polar surface area (TPSA) is 49.4 Å². The number of aliphatic carboxylic acids is 1. The lowest BCUT2D eigenvalue weighted by Crippen LogP contribution is -2.40. The smallest absolute Gasteiger partial charge is 0.192 e. The third-order valence-electron chi connectivity index (χ3n) is 6.28. The maximum Gasteiger partial charge on any atom is 0.192 e. The molecule has 2 aromatic carbocycles. The second-order valence-corrected chi connectivity index (χ2v) is 14.8. The molecule has 3 nitrogen and oxygen atoms in total. The van der Waals surface area contributed by atoms with Crippen molar-refractivity contribution >= 4 is 14.3 Å². The van der Waals surface area contributed by atoms with Gasteiger partial charge in [0.1, 0.15) is 0 Å². The Morgan fingerprint density at radius 2 is 1.55 bits per heavy atom. The summed E-state index contributed by atoms with van der Waals surface area (Å²) in [4.78, 5) is 11.0. The Labute approximate surface area is 189 Å². The molecule has 166 valence electrons. The SMILES string of the molecule is CC(C)c1cc(C#Cc2ccc(C(C)C(=O)[O-])cc2)ccc1CO[Si](C)(C)C(C)(C)C. The first-order valence-electron chi connectivity index (χ1n) is 10.9. The Hall–Kier alpha value is -2.35. The van der Waals surface area contributed by atoms with Crippen molar-refractivity contribution in [3.05, 3.63) is 70.3 Å². The molecule has 2 aromatic rings. The second-order valence-electron chi connectivity index (χ2n) is 10.0. The molecule has 1 unspecified atom stereocenters. The van der Waals surface area contributed by atoms with Crippen LogP contribution in [0, 0.1) is 11.8 Å². The molecule has 0 saturated carbocycles. The predicted octanol–water partition coefficient (Wildman–Crippen LogP) is 5.59. The van der Waals surface area contributed by atoms with Gasteiger partial charge in [-0.3, -0.25) is 0 Å². The van der Waals surface area contributed by atoms with Gasteiger partial charge in [0.05, 0.1) is 6.61 Å². The van der Waals surface area contributed by atoms with Gasteiger partial charge in [-0.1, -0.05) is 71.6 Å². The Morgan fingerprint density at radius 1 is 1.00 bits per heavy atom. The van der Waals surface area contributed by atoms with Crippen LogP contribution in [0.4, 0.5) is 0 Å². The van der Waals surface area contributed by atoms with Crippen LogP contribution in [0.25, 0.3) is 0 Å². The van der Waals surface area contributed by atoms with E-state index < -0.39 is 20.2 Å². The van der Waals surface area contributed by atoms with Gasteiger partial charge >= 0.3 is 0 Å². The van der Waals surface area contributed by atoms with Crippen LogP contribution >= 0.6 is 0 Å². The van der Waals surface area contributed by atoms with Gasteiger partial charge < -0.3 is 14.3 Å². The van der Waals surface area contributed by atoms with Crippen molar-refractivity contribution in [3.63, 3.8) is 0 Å². The van der Waals surface area contributed by atoms with Crippen LogP contribution in [0.2, 0.25) is 18.1 Å². The highest BCUT2D eigenvalue weighted by atomic mass is 28.4. The average molecular weight is 436 g/mol. The summed E-state index contributed by atoms with van der Waals surface area (Å²) < 4.78 is 6.44. The molecular formula is C27H35O3Si-. The Morgan fingerprint density at radius 3 is 2.06 bits per heavy atom. The maximum absolute atomic E-state index is 11.0. The number of carbonyl (C=O) groups excluding carboxylic acids is 1. The molecule has 4 heteroatoms. The monoisotopic (exact) mass is 435 g/mol. The molecule has 0 N–H and O–H groups in total. The number of hydrogen-bond acceptors (Lipinski definition) is 3. The lowest BCUT2D eigenvalue weighted by molar-refractivity contribution is -0.307. The average Bonchev–Trinajstić information content (AvgIpc) is 2.69. The van der Waals surface area contributed by atoms with Crippen molar-refractivity contribution in [2.24, 2.45) is 0 Å². The number of hydrogen-bond donors (Lipinski definition) is 0. The molecule has 0 bridgehead atoms. The summed E-state index contributed by atoms with van der Waals surface area (Å²) in [6, 6.07) is 13.6. The van der Waals surface area contributed by atoms with Gasteiger partial charge in [-0.25, -0.2) is 0 Å². The molecule has 0 aliphatic heterocycles. The van der Waals surface area contributed by atoms with E-state index in [4.69, 9.17) is 4.43 Å². The Kier molecular flexibility index (Phi) is 7.91. The van der Waals surface area contributed by atoms with E-state index in [1.54, 1.807) is 19.1 Å². The van der Waals surface area contributed by atoms with Crippen LogP contribution in [-0.2, 0) is 15.8 Å². The highest BCUT2D eigenvalue weighted by Crippen LogP contribution is 2.37. The Balaban J connectivity index is 2.21. The quantitative estimate of drug-likeness (QED) is 0.439. The van der Waals surface area contributed by atoms with Crippen molar-refractivity contribution in [1.29, 1.82) is 0 Å². The number of carbonyl (C=O) groups is 1. The van der Waals surface area contributed by atoms with Crippen LogP contribution in [0.1, 0.15) is 81.2 Å². The fraction of sp³-hybridized carbons (Fsp3) is 0.444. The van der Waals surface area contributed by atoms with Crippen LogP contribution < -0.4 is 5.11 Å². The number of carboxylic acid groups (broad SMARTS) is 1. The van der Waals surface area contributed by atoms with Crippen LogP contribution in [0.15, 0.2) is 42.5 Å². The van der Waals surface area contributed by atoms with Gasteiger partial charge in [0.25, 0.3) is 0 Å². The normalized spacial score (nSPS) is 12.9. The summed E-state index contributed by atoms with van der Waals surface area (Å²) in [5, 5.41) is 11.2. The minimum Gasteiger partial charge on any atom is -0.550 e. The third-order valence-corrected chi connectivity index (χ3v) is 10.8. The summed E-state index contributed by atoms with van der Waals surface area (Å²) in [6.07, 6.45) is 0. The van der Waals surface area contributed by atoms with Crippen molar-refractivity contribution in [2.45, 2.75) is 78.1 Å². The molecule has 31 heavy (non-hydrogen) atoms. The molecule has 0 saturated heterocycles. The molecule has 0 aliphatic carbocycles. The lowest BCUT2D eigenvalue weighted by atomic mass is 9.95. The van der Waals surface area contributed by atoms with E-state index in [1.165, 1.54) is 11.1 Å². The fourth-order valence-electron chi connectivity index (χ4n) is 2.95. The summed E-state index contributed by atoms with van der Waals surface area (Å²) in [6.45, 7) is 18.0. The Bertz CT molecular complexity index is 970. The molecule has 0 aromatic heterocycles. The van der Waals surface area contributed by atoms with Crippen LogP contribution in [0.5, 0.6) is 0 Å². The number of benzene rings is 2.